The molecule has 0 spiro atoms. The van der Waals surface area contributed by atoms with Crippen LogP contribution in [0.3, 0.4) is 0 Å². The normalized spacial score (nSPS) is 15.9. The molecule has 0 aromatic rings. The van der Waals surface area contributed by atoms with Crippen molar-refractivity contribution in [3.05, 3.63) is 11.6 Å². The van der Waals surface area contributed by atoms with Crippen LogP contribution < -0.4 is 0 Å². The molecule has 0 radical (unpaired) electrons. The zero-order valence-electron chi connectivity index (χ0n) is 7.96. The van der Waals surface area contributed by atoms with E-state index in [9.17, 15) is 9.90 Å². The largest absolute Gasteiger partial charge is 0.478 e. The number of hydrogen-bond acceptors (Lipinski definition) is 2. The fourth-order valence-corrected chi connectivity index (χ4v) is 0.558. The first-order valence-electron chi connectivity index (χ1n) is 3.85. The van der Waals surface area contributed by atoms with Gasteiger partial charge in [0.15, 0.2) is 0 Å². The second kappa shape index (κ2) is 3.72. The van der Waals surface area contributed by atoms with Crippen LogP contribution in [0.1, 0.15) is 27.7 Å². The summed E-state index contributed by atoms with van der Waals surface area (Å²) in [5.74, 6) is -0.988. The minimum absolute atomic E-state index is 0.178. The van der Waals surface area contributed by atoms with Gasteiger partial charge in [0, 0.05) is 5.57 Å². The molecule has 0 bridgehead atoms. The van der Waals surface area contributed by atoms with Gasteiger partial charge in [0.05, 0.1) is 6.10 Å². The van der Waals surface area contributed by atoms with Crippen molar-refractivity contribution in [2.24, 2.45) is 5.41 Å². The van der Waals surface area contributed by atoms with Gasteiger partial charge in [0.1, 0.15) is 0 Å². The lowest BCUT2D eigenvalue weighted by Gasteiger charge is -2.23. The molecule has 3 heteroatoms. The summed E-state index contributed by atoms with van der Waals surface area (Å²) < 4.78 is 0. The highest BCUT2D eigenvalue weighted by molar-refractivity contribution is 5.85. The average molecular weight is 172 g/mol. The molecule has 0 aliphatic heterocycles. The Bertz CT molecular complexity index is 198. The van der Waals surface area contributed by atoms with E-state index >= 15 is 0 Å². The predicted octanol–water partition coefficient (Wildman–Crippen LogP) is 1.42. The number of carbonyl (C=O) groups is 1. The second-order valence-electron chi connectivity index (χ2n) is 3.97. The number of rotatable bonds is 2. The van der Waals surface area contributed by atoms with Crippen LogP contribution in [0.4, 0.5) is 0 Å². The molecule has 0 saturated heterocycles. The van der Waals surface area contributed by atoms with Gasteiger partial charge in [-0.05, 0) is 18.4 Å². The molecule has 3 nitrogen and oxygen atoms in total. The molecule has 0 aromatic heterocycles. The van der Waals surface area contributed by atoms with Gasteiger partial charge in [-0.2, -0.15) is 0 Å². The van der Waals surface area contributed by atoms with Crippen molar-refractivity contribution in [1.82, 2.24) is 0 Å². The van der Waals surface area contributed by atoms with Crippen LogP contribution in [0.2, 0.25) is 0 Å². The van der Waals surface area contributed by atoms with E-state index in [1.54, 1.807) is 0 Å². The zero-order chi connectivity index (χ0) is 9.94. The fraction of sp³-hybridized carbons (Fsp3) is 0.667. The minimum Gasteiger partial charge on any atom is -0.478 e. The van der Waals surface area contributed by atoms with Crippen molar-refractivity contribution in [1.29, 1.82) is 0 Å². The summed E-state index contributed by atoms with van der Waals surface area (Å²) in [5.41, 5.74) is -0.131. The van der Waals surface area contributed by atoms with E-state index in [4.69, 9.17) is 5.11 Å². The van der Waals surface area contributed by atoms with Crippen LogP contribution in [0, 0.1) is 5.41 Å². The maximum atomic E-state index is 10.4. The Labute approximate surface area is 72.7 Å². The minimum atomic E-state index is -0.988. The first-order chi connectivity index (χ1) is 5.25. The van der Waals surface area contributed by atoms with E-state index in [1.165, 1.54) is 13.0 Å². The smallest absolute Gasteiger partial charge is 0.331 e. The summed E-state index contributed by atoms with van der Waals surface area (Å²) >= 11 is 0. The summed E-state index contributed by atoms with van der Waals surface area (Å²) in [6.07, 6.45) is 0.649. The molecule has 0 aliphatic rings. The first kappa shape index (κ1) is 11.2. The molecule has 1 unspecified atom stereocenters. The molecule has 0 fully saturated rings. The third-order valence-corrected chi connectivity index (χ3v) is 1.63. The Morgan fingerprint density at radius 2 is 1.83 bits per heavy atom. The molecule has 1 atom stereocenters. The predicted molar refractivity (Wildman–Crippen MR) is 46.9 cm³/mol. The van der Waals surface area contributed by atoms with Crippen LogP contribution in [0.5, 0.6) is 0 Å². The number of hydrogen-bond donors (Lipinski definition) is 2. The number of carboxylic acids is 1. The average Bonchev–Trinajstić information content (AvgIpc) is 1.85. The molecule has 0 aliphatic carbocycles. The van der Waals surface area contributed by atoms with Crippen LogP contribution in [-0.2, 0) is 4.79 Å². The van der Waals surface area contributed by atoms with Crippen LogP contribution >= 0.6 is 0 Å². The molecule has 12 heavy (non-hydrogen) atoms. The monoisotopic (exact) mass is 172 g/mol. The summed E-state index contributed by atoms with van der Waals surface area (Å²) in [6.45, 7) is 7.02. The number of aliphatic carboxylic acids is 1. The molecular formula is C9H16O3. The zero-order valence-corrected chi connectivity index (χ0v) is 7.96. The van der Waals surface area contributed by atoms with E-state index in [0.717, 1.165) is 0 Å². The molecule has 2 N–H and O–H groups in total. The Hall–Kier alpha value is -0.830. The van der Waals surface area contributed by atoms with Crippen molar-refractivity contribution in [3.63, 3.8) is 0 Å². The Balaban J connectivity index is 4.44. The van der Waals surface area contributed by atoms with E-state index in [2.05, 4.69) is 0 Å². The molecule has 70 valence electrons. The first-order valence-corrected chi connectivity index (χ1v) is 3.85. The number of aliphatic hydroxyl groups is 1. The summed E-state index contributed by atoms with van der Waals surface area (Å²) in [5, 5.41) is 18.0. The van der Waals surface area contributed by atoms with Crippen molar-refractivity contribution in [2.45, 2.75) is 33.8 Å². The van der Waals surface area contributed by atoms with Gasteiger partial charge in [-0.15, -0.1) is 0 Å². The third-order valence-electron chi connectivity index (χ3n) is 1.63. The highest BCUT2D eigenvalue weighted by Crippen LogP contribution is 2.20. The van der Waals surface area contributed by atoms with Crippen LogP contribution in [0.15, 0.2) is 11.6 Å². The van der Waals surface area contributed by atoms with Gasteiger partial charge >= 0.3 is 5.97 Å². The van der Waals surface area contributed by atoms with Crippen LogP contribution in [0.25, 0.3) is 0 Å². The summed E-state index contributed by atoms with van der Waals surface area (Å²) in [7, 11) is 0. The van der Waals surface area contributed by atoms with E-state index in [0.29, 0.717) is 0 Å². The Morgan fingerprint density at radius 3 is 2.08 bits per heavy atom. The van der Waals surface area contributed by atoms with Crippen molar-refractivity contribution in [3.8, 4) is 0 Å². The number of carboxylic acid groups (broad SMARTS) is 1. The highest BCUT2D eigenvalue weighted by atomic mass is 16.4. The van der Waals surface area contributed by atoms with Gasteiger partial charge < -0.3 is 10.2 Å². The van der Waals surface area contributed by atoms with E-state index in [-0.39, 0.29) is 11.0 Å². The lowest BCUT2D eigenvalue weighted by atomic mass is 9.88. The van der Waals surface area contributed by atoms with Crippen molar-refractivity contribution >= 4 is 5.97 Å². The molecule has 0 saturated carbocycles. The second-order valence-corrected chi connectivity index (χ2v) is 3.97. The Kier molecular flexibility index (Phi) is 3.46. The SMILES string of the molecule is CC(=CC(O)C(C)(C)C)C(=O)O. The quantitative estimate of drug-likeness (QED) is 0.619. The highest BCUT2D eigenvalue weighted by Gasteiger charge is 2.20. The van der Waals surface area contributed by atoms with Gasteiger partial charge in [0.2, 0.25) is 0 Å². The third kappa shape index (κ3) is 3.53. The molecule has 0 rings (SSSR count). The number of aliphatic hydroxyl groups excluding tert-OH is 1. The summed E-state index contributed by atoms with van der Waals surface area (Å²) in [4.78, 5) is 10.4. The van der Waals surface area contributed by atoms with E-state index in [1.807, 2.05) is 20.8 Å². The molecule has 0 amide bonds. The van der Waals surface area contributed by atoms with Crippen molar-refractivity contribution in [2.75, 3.05) is 0 Å². The van der Waals surface area contributed by atoms with Crippen LogP contribution in [-0.4, -0.2) is 22.3 Å². The maximum Gasteiger partial charge on any atom is 0.331 e. The van der Waals surface area contributed by atoms with Gasteiger partial charge in [-0.1, -0.05) is 20.8 Å². The van der Waals surface area contributed by atoms with Gasteiger partial charge in [-0.25, -0.2) is 4.79 Å². The van der Waals surface area contributed by atoms with Gasteiger partial charge in [0.25, 0.3) is 0 Å². The van der Waals surface area contributed by atoms with Gasteiger partial charge in [-0.3, -0.25) is 0 Å². The summed E-state index contributed by atoms with van der Waals surface area (Å²) in [6, 6.07) is 0. The molecule has 0 aromatic carbocycles. The maximum absolute atomic E-state index is 10.4. The molecular weight excluding hydrogens is 156 g/mol. The van der Waals surface area contributed by atoms with E-state index < -0.39 is 12.1 Å². The standard InChI is InChI=1S/C9H16O3/c1-6(8(11)12)5-7(10)9(2,3)4/h5,7,10H,1-4H3,(H,11,12). The Morgan fingerprint density at radius 1 is 1.42 bits per heavy atom. The lowest BCUT2D eigenvalue weighted by molar-refractivity contribution is -0.132. The van der Waals surface area contributed by atoms with Crippen molar-refractivity contribution < 1.29 is 15.0 Å². The molecule has 0 heterocycles. The topological polar surface area (TPSA) is 57.5 Å². The fourth-order valence-electron chi connectivity index (χ4n) is 0.558. The lowest BCUT2D eigenvalue weighted by Crippen LogP contribution is -2.24.